The zero-order valence-corrected chi connectivity index (χ0v) is 11.2. The summed E-state index contributed by atoms with van der Waals surface area (Å²) in [7, 11) is 0. The molecule has 6 heteroatoms. The zero-order chi connectivity index (χ0) is 15.5. The van der Waals surface area contributed by atoms with E-state index in [1.54, 1.807) is 30.3 Å². The second-order valence-electron chi connectivity index (χ2n) is 5.13. The highest BCUT2D eigenvalue weighted by molar-refractivity contribution is 5.99. The fourth-order valence-corrected chi connectivity index (χ4v) is 2.38. The molecule has 0 amide bonds. The molecule has 1 aromatic carbocycles. The lowest BCUT2D eigenvalue weighted by Crippen LogP contribution is -2.37. The highest BCUT2D eigenvalue weighted by Crippen LogP contribution is 2.39. The van der Waals surface area contributed by atoms with E-state index in [1.807, 2.05) is 0 Å². The van der Waals surface area contributed by atoms with Crippen molar-refractivity contribution in [1.82, 2.24) is 0 Å². The van der Waals surface area contributed by atoms with Crippen LogP contribution in [0, 0.1) is 11.8 Å². The van der Waals surface area contributed by atoms with E-state index in [0.29, 0.717) is 0 Å². The molecule has 1 aliphatic carbocycles. The van der Waals surface area contributed by atoms with Crippen molar-refractivity contribution < 1.29 is 27.5 Å². The van der Waals surface area contributed by atoms with Gasteiger partial charge in [0.05, 0.1) is 5.92 Å². The van der Waals surface area contributed by atoms with Crippen molar-refractivity contribution >= 4 is 11.8 Å². The summed E-state index contributed by atoms with van der Waals surface area (Å²) < 4.78 is 43.0. The van der Waals surface area contributed by atoms with E-state index in [0.717, 1.165) is 5.56 Å². The van der Waals surface area contributed by atoms with Crippen molar-refractivity contribution in [3.63, 3.8) is 0 Å². The molecule has 1 fully saturated rings. The molecule has 0 aliphatic heterocycles. The number of benzene rings is 1. The molecule has 0 bridgehead atoms. The van der Waals surface area contributed by atoms with E-state index in [9.17, 15) is 22.8 Å². The van der Waals surface area contributed by atoms with Crippen LogP contribution in [-0.2, 0) is 20.9 Å². The number of carbonyl (C=O) groups excluding carboxylic acids is 2. The van der Waals surface area contributed by atoms with Gasteiger partial charge in [0.25, 0.3) is 0 Å². The first kappa shape index (κ1) is 15.5. The minimum Gasteiger partial charge on any atom is -0.460 e. The molecule has 0 spiro atoms. The van der Waals surface area contributed by atoms with Crippen molar-refractivity contribution in [3.05, 3.63) is 35.9 Å². The summed E-state index contributed by atoms with van der Waals surface area (Å²) in [5.41, 5.74) is 0.724. The highest BCUT2D eigenvalue weighted by Gasteiger charge is 2.46. The Morgan fingerprint density at radius 2 is 1.90 bits per heavy atom. The van der Waals surface area contributed by atoms with Gasteiger partial charge in [-0.2, -0.15) is 13.2 Å². The van der Waals surface area contributed by atoms with Gasteiger partial charge < -0.3 is 4.74 Å². The lowest BCUT2D eigenvalue weighted by Gasteiger charge is -2.28. The van der Waals surface area contributed by atoms with E-state index < -0.39 is 36.2 Å². The maximum atomic E-state index is 12.7. The second-order valence-corrected chi connectivity index (χ2v) is 5.13. The summed E-state index contributed by atoms with van der Waals surface area (Å²) in [6, 6.07) is 8.77. The molecule has 0 N–H and O–H groups in total. The number of ether oxygens (including phenoxy) is 1. The first-order chi connectivity index (χ1) is 9.88. The predicted molar refractivity (Wildman–Crippen MR) is 68.1 cm³/mol. The van der Waals surface area contributed by atoms with Crippen LogP contribution in [0.3, 0.4) is 0 Å². The molecule has 0 radical (unpaired) electrons. The Hall–Kier alpha value is -1.85. The fourth-order valence-electron chi connectivity index (χ4n) is 2.38. The summed E-state index contributed by atoms with van der Waals surface area (Å²) in [6.07, 6.45) is -5.35. The Labute approximate surface area is 120 Å². The molecule has 114 valence electrons. The summed E-state index contributed by atoms with van der Waals surface area (Å²) in [5, 5.41) is 0. The number of hydrogen-bond donors (Lipinski definition) is 0. The van der Waals surface area contributed by atoms with Gasteiger partial charge in [0.2, 0.25) is 0 Å². The molecule has 2 unspecified atom stereocenters. The van der Waals surface area contributed by atoms with Gasteiger partial charge in [-0.15, -0.1) is 0 Å². The Kier molecular flexibility index (Phi) is 4.65. The van der Waals surface area contributed by atoms with Crippen LogP contribution < -0.4 is 0 Å². The van der Waals surface area contributed by atoms with Crippen LogP contribution in [0.2, 0.25) is 0 Å². The molecule has 0 saturated heterocycles. The van der Waals surface area contributed by atoms with Gasteiger partial charge in [-0.05, 0) is 18.4 Å². The maximum Gasteiger partial charge on any atom is 0.391 e. The SMILES string of the molecule is O=C1CCC(C(F)(F)F)CC1C(=O)OCc1ccccc1. The van der Waals surface area contributed by atoms with Crippen LogP contribution in [-0.4, -0.2) is 17.9 Å². The molecule has 0 aromatic heterocycles. The minimum atomic E-state index is -4.38. The second kappa shape index (κ2) is 6.28. The summed E-state index contributed by atoms with van der Waals surface area (Å²) in [5.74, 6) is -4.23. The number of esters is 1. The van der Waals surface area contributed by atoms with E-state index in [4.69, 9.17) is 4.74 Å². The number of rotatable bonds is 3. The quantitative estimate of drug-likeness (QED) is 0.635. The number of Topliss-reactive ketones (excluding diaryl/α,β-unsaturated/α-hetero) is 1. The Bertz CT molecular complexity index is 511. The molecule has 2 rings (SSSR count). The molecular formula is C15H15F3O3. The van der Waals surface area contributed by atoms with Crippen molar-refractivity contribution in [2.24, 2.45) is 11.8 Å². The van der Waals surface area contributed by atoms with Gasteiger partial charge in [0.1, 0.15) is 18.3 Å². The molecule has 3 nitrogen and oxygen atoms in total. The molecular weight excluding hydrogens is 285 g/mol. The zero-order valence-electron chi connectivity index (χ0n) is 11.2. The van der Waals surface area contributed by atoms with Crippen molar-refractivity contribution in [2.45, 2.75) is 32.0 Å². The van der Waals surface area contributed by atoms with Crippen LogP contribution in [0.4, 0.5) is 13.2 Å². The number of carbonyl (C=O) groups is 2. The van der Waals surface area contributed by atoms with Gasteiger partial charge >= 0.3 is 12.1 Å². The van der Waals surface area contributed by atoms with E-state index in [1.165, 1.54) is 0 Å². The first-order valence-corrected chi connectivity index (χ1v) is 6.68. The van der Waals surface area contributed by atoms with Crippen molar-refractivity contribution in [3.8, 4) is 0 Å². The third-order valence-electron chi connectivity index (χ3n) is 3.62. The lowest BCUT2D eigenvalue weighted by molar-refractivity contribution is -0.189. The minimum absolute atomic E-state index is 0.0415. The van der Waals surface area contributed by atoms with E-state index >= 15 is 0 Å². The average molecular weight is 300 g/mol. The fraction of sp³-hybridized carbons (Fsp3) is 0.467. The molecule has 1 aliphatic rings. The van der Waals surface area contributed by atoms with Crippen molar-refractivity contribution in [2.75, 3.05) is 0 Å². The molecule has 1 saturated carbocycles. The lowest BCUT2D eigenvalue weighted by atomic mass is 9.80. The van der Waals surface area contributed by atoms with Crippen molar-refractivity contribution in [1.29, 1.82) is 0 Å². The number of ketones is 1. The number of halogens is 3. The third-order valence-corrected chi connectivity index (χ3v) is 3.62. The molecule has 0 heterocycles. The molecule has 2 atom stereocenters. The van der Waals surface area contributed by atoms with Crippen LogP contribution >= 0.6 is 0 Å². The Morgan fingerprint density at radius 1 is 1.24 bits per heavy atom. The normalized spacial score (nSPS) is 22.9. The monoisotopic (exact) mass is 300 g/mol. The van der Waals surface area contributed by atoms with E-state index in [2.05, 4.69) is 0 Å². The van der Waals surface area contributed by atoms with Crippen LogP contribution in [0.25, 0.3) is 0 Å². The molecule has 21 heavy (non-hydrogen) atoms. The largest absolute Gasteiger partial charge is 0.460 e. The predicted octanol–water partition coefficient (Wildman–Crippen LogP) is 3.28. The third kappa shape index (κ3) is 4.06. The van der Waals surface area contributed by atoms with Crippen LogP contribution in [0.1, 0.15) is 24.8 Å². The topological polar surface area (TPSA) is 43.4 Å². The smallest absolute Gasteiger partial charge is 0.391 e. The highest BCUT2D eigenvalue weighted by atomic mass is 19.4. The average Bonchev–Trinajstić information content (AvgIpc) is 2.45. The van der Waals surface area contributed by atoms with Gasteiger partial charge in [0.15, 0.2) is 0 Å². The molecule has 1 aromatic rings. The summed E-state index contributed by atoms with van der Waals surface area (Å²) in [4.78, 5) is 23.5. The standard InChI is InChI=1S/C15H15F3O3/c16-15(17,18)11-6-7-13(19)12(8-11)14(20)21-9-10-4-2-1-3-5-10/h1-5,11-12H,6-9H2. The van der Waals surface area contributed by atoms with Gasteiger partial charge in [-0.25, -0.2) is 0 Å². The first-order valence-electron chi connectivity index (χ1n) is 6.68. The van der Waals surface area contributed by atoms with Gasteiger partial charge in [-0.3, -0.25) is 9.59 Å². The summed E-state index contributed by atoms with van der Waals surface area (Å²) >= 11 is 0. The number of hydrogen-bond acceptors (Lipinski definition) is 3. The van der Waals surface area contributed by atoms with Gasteiger partial charge in [-0.1, -0.05) is 30.3 Å². The Morgan fingerprint density at radius 3 is 2.52 bits per heavy atom. The van der Waals surface area contributed by atoms with Crippen LogP contribution in [0.5, 0.6) is 0 Å². The maximum absolute atomic E-state index is 12.7. The summed E-state index contributed by atoms with van der Waals surface area (Å²) in [6.45, 7) is -0.0415. The number of alkyl halides is 3. The van der Waals surface area contributed by atoms with E-state index in [-0.39, 0.29) is 19.4 Å². The van der Waals surface area contributed by atoms with Gasteiger partial charge in [0, 0.05) is 6.42 Å². The van der Waals surface area contributed by atoms with Crippen LogP contribution in [0.15, 0.2) is 30.3 Å². The Balaban J connectivity index is 1.95.